The van der Waals surface area contributed by atoms with Gasteiger partial charge in [-0.05, 0) is 29.3 Å². The van der Waals surface area contributed by atoms with Crippen molar-refractivity contribution in [2.75, 3.05) is 5.32 Å². The standard InChI is InChI=1S/C15H14ClFN2O2/c16-13-7-12(5-6-14(13)17)19-15(21)18-8-10-3-1-2-4-11(10)9-20/h1-7,20H,8-9H2,(H2,18,19,21). The topological polar surface area (TPSA) is 61.4 Å². The summed E-state index contributed by atoms with van der Waals surface area (Å²) in [4.78, 5) is 11.8. The van der Waals surface area contributed by atoms with E-state index in [2.05, 4.69) is 10.6 Å². The predicted octanol–water partition coefficient (Wildman–Crippen LogP) is 3.29. The highest BCUT2D eigenvalue weighted by molar-refractivity contribution is 6.31. The highest BCUT2D eigenvalue weighted by atomic mass is 35.5. The molecule has 0 saturated carbocycles. The van der Waals surface area contributed by atoms with Crippen LogP contribution in [-0.4, -0.2) is 11.1 Å². The zero-order valence-corrected chi connectivity index (χ0v) is 11.8. The molecule has 2 rings (SSSR count). The second-order valence-corrected chi connectivity index (χ2v) is 4.77. The average Bonchev–Trinajstić information content (AvgIpc) is 2.49. The predicted molar refractivity (Wildman–Crippen MR) is 79.6 cm³/mol. The largest absolute Gasteiger partial charge is 0.392 e. The van der Waals surface area contributed by atoms with Crippen LogP contribution in [0.1, 0.15) is 11.1 Å². The molecular formula is C15H14ClFN2O2. The first kappa shape index (κ1) is 15.3. The molecule has 2 aromatic rings. The van der Waals surface area contributed by atoms with Crippen LogP contribution < -0.4 is 10.6 Å². The number of anilines is 1. The van der Waals surface area contributed by atoms with Gasteiger partial charge in [0.05, 0.1) is 11.6 Å². The lowest BCUT2D eigenvalue weighted by atomic mass is 10.1. The minimum absolute atomic E-state index is 0.0570. The van der Waals surface area contributed by atoms with Crippen LogP contribution in [0.5, 0.6) is 0 Å². The molecule has 0 unspecified atom stereocenters. The van der Waals surface area contributed by atoms with E-state index in [0.29, 0.717) is 5.69 Å². The number of hydrogen-bond donors (Lipinski definition) is 3. The number of carbonyl (C=O) groups is 1. The fourth-order valence-corrected chi connectivity index (χ4v) is 1.99. The second-order valence-electron chi connectivity index (χ2n) is 4.36. The van der Waals surface area contributed by atoms with E-state index in [1.807, 2.05) is 18.2 Å². The Labute approximate surface area is 126 Å². The van der Waals surface area contributed by atoms with Gasteiger partial charge < -0.3 is 15.7 Å². The summed E-state index contributed by atoms with van der Waals surface area (Å²) in [7, 11) is 0. The molecule has 0 fully saturated rings. The fourth-order valence-electron chi connectivity index (χ4n) is 1.81. The number of nitrogens with one attached hydrogen (secondary N) is 2. The molecule has 0 aliphatic carbocycles. The van der Waals surface area contributed by atoms with Crippen molar-refractivity contribution in [3.8, 4) is 0 Å². The lowest BCUT2D eigenvalue weighted by molar-refractivity contribution is 0.251. The molecule has 0 aliphatic rings. The van der Waals surface area contributed by atoms with Gasteiger partial charge in [-0.2, -0.15) is 0 Å². The first-order valence-electron chi connectivity index (χ1n) is 6.27. The number of hydrogen-bond acceptors (Lipinski definition) is 2. The van der Waals surface area contributed by atoms with E-state index in [1.54, 1.807) is 6.07 Å². The Morgan fingerprint density at radius 1 is 1.19 bits per heavy atom. The summed E-state index contributed by atoms with van der Waals surface area (Å²) >= 11 is 5.64. The van der Waals surface area contributed by atoms with Crippen LogP contribution in [0.2, 0.25) is 5.02 Å². The summed E-state index contributed by atoms with van der Waals surface area (Å²) < 4.78 is 13.0. The zero-order valence-electron chi connectivity index (χ0n) is 11.1. The molecule has 0 aliphatic heterocycles. The molecule has 110 valence electrons. The minimum atomic E-state index is -0.542. The van der Waals surface area contributed by atoms with Gasteiger partial charge in [0.2, 0.25) is 0 Å². The number of aliphatic hydroxyl groups excluding tert-OH is 1. The molecule has 0 spiro atoms. The highest BCUT2D eigenvalue weighted by Gasteiger charge is 2.06. The van der Waals surface area contributed by atoms with Gasteiger partial charge >= 0.3 is 6.03 Å². The number of urea groups is 1. The average molecular weight is 309 g/mol. The van der Waals surface area contributed by atoms with Gasteiger partial charge in [-0.25, -0.2) is 9.18 Å². The van der Waals surface area contributed by atoms with E-state index in [9.17, 15) is 14.3 Å². The van der Waals surface area contributed by atoms with Crippen molar-refractivity contribution in [3.63, 3.8) is 0 Å². The minimum Gasteiger partial charge on any atom is -0.392 e. The maximum atomic E-state index is 13.0. The molecule has 0 atom stereocenters. The number of halogens is 2. The van der Waals surface area contributed by atoms with Gasteiger partial charge in [0.25, 0.3) is 0 Å². The van der Waals surface area contributed by atoms with Gasteiger partial charge in [-0.1, -0.05) is 35.9 Å². The Kier molecular flexibility index (Phi) is 5.14. The molecule has 4 nitrogen and oxygen atoms in total. The molecule has 0 saturated heterocycles. The summed E-state index contributed by atoms with van der Waals surface area (Å²) in [6.45, 7) is 0.185. The van der Waals surface area contributed by atoms with Gasteiger partial charge in [-0.3, -0.25) is 0 Å². The van der Waals surface area contributed by atoms with Crippen molar-refractivity contribution >= 4 is 23.3 Å². The van der Waals surface area contributed by atoms with E-state index >= 15 is 0 Å². The van der Waals surface area contributed by atoms with Crippen LogP contribution in [0.25, 0.3) is 0 Å². The van der Waals surface area contributed by atoms with Crippen molar-refractivity contribution in [3.05, 3.63) is 64.4 Å². The quantitative estimate of drug-likeness (QED) is 0.811. The highest BCUT2D eigenvalue weighted by Crippen LogP contribution is 2.19. The first-order chi connectivity index (χ1) is 10.1. The van der Waals surface area contributed by atoms with Gasteiger partial charge in [0.15, 0.2) is 0 Å². The normalized spacial score (nSPS) is 10.2. The third kappa shape index (κ3) is 4.18. The van der Waals surface area contributed by atoms with E-state index in [1.165, 1.54) is 18.2 Å². The van der Waals surface area contributed by atoms with Gasteiger partial charge in [0.1, 0.15) is 5.82 Å². The Hall–Kier alpha value is -2.11. The van der Waals surface area contributed by atoms with Crippen LogP contribution >= 0.6 is 11.6 Å². The van der Waals surface area contributed by atoms with Crippen molar-refractivity contribution in [1.82, 2.24) is 5.32 Å². The Morgan fingerprint density at radius 3 is 2.57 bits per heavy atom. The van der Waals surface area contributed by atoms with E-state index in [4.69, 9.17) is 11.6 Å². The number of rotatable bonds is 4. The van der Waals surface area contributed by atoms with E-state index in [-0.39, 0.29) is 18.2 Å². The van der Waals surface area contributed by atoms with E-state index < -0.39 is 11.8 Å². The number of amides is 2. The van der Waals surface area contributed by atoms with E-state index in [0.717, 1.165) is 11.1 Å². The SMILES string of the molecule is O=C(NCc1ccccc1CO)Nc1ccc(F)c(Cl)c1. The van der Waals surface area contributed by atoms with Crippen LogP contribution in [0, 0.1) is 5.82 Å². The molecule has 6 heteroatoms. The molecule has 3 N–H and O–H groups in total. The fraction of sp³-hybridized carbons (Fsp3) is 0.133. The Balaban J connectivity index is 1.94. The number of aliphatic hydroxyl groups is 1. The summed E-state index contributed by atoms with van der Waals surface area (Å²) in [6, 6.07) is 10.7. The Morgan fingerprint density at radius 2 is 1.90 bits per heavy atom. The lowest BCUT2D eigenvalue weighted by Crippen LogP contribution is -2.28. The van der Waals surface area contributed by atoms with Crippen LogP contribution in [0.4, 0.5) is 14.9 Å². The summed E-state index contributed by atoms with van der Waals surface area (Å²) in [6.07, 6.45) is 0. The van der Waals surface area contributed by atoms with Crippen LogP contribution in [-0.2, 0) is 13.2 Å². The second kappa shape index (κ2) is 7.06. The van der Waals surface area contributed by atoms with Crippen molar-refractivity contribution in [2.45, 2.75) is 13.2 Å². The van der Waals surface area contributed by atoms with Gasteiger partial charge in [-0.15, -0.1) is 0 Å². The number of carbonyl (C=O) groups excluding carboxylic acids is 1. The van der Waals surface area contributed by atoms with Crippen molar-refractivity contribution < 1.29 is 14.3 Å². The zero-order chi connectivity index (χ0) is 15.2. The summed E-state index contributed by atoms with van der Waals surface area (Å²) in [5.41, 5.74) is 1.98. The summed E-state index contributed by atoms with van der Waals surface area (Å²) in [5.74, 6) is -0.542. The molecule has 0 bridgehead atoms. The lowest BCUT2D eigenvalue weighted by Gasteiger charge is -2.10. The van der Waals surface area contributed by atoms with Crippen molar-refractivity contribution in [1.29, 1.82) is 0 Å². The molecule has 0 heterocycles. The smallest absolute Gasteiger partial charge is 0.319 e. The molecule has 2 aromatic carbocycles. The maximum Gasteiger partial charge on any atom is 0.319 e. The number of benzene rings is 2. The molecule has 0 aromatic heterocycles. The summed E-state index contributed by atoms with van der Waals surface area (Å²) in [5, 5.41) is 14.4. The van der Waals surface area contributed by atoms with Crippen LogP contribution in [0.3, 0.4) is 0 Å². The molecule has 0 radical (unpaired) electrons. The monoisotopic (exact) mass is 308 g/mol. The third-order valence-corrected chi connectivity index (χ3v) is 3.20. The molecule has 21 heavy (non-hydrogen) atoms. The molecular weight excluding hydrogens is 295 g/mol. The first-order valence-corrected chi connectivity index (χ1v) is 6.65. The van der Waals surface area contributed by atoms with Gasteiger partial charge in [0, 0.05) is 12.2 Å². The Bertz CT molecular complexity index is 649. The molecule has 2 amide bonds. The third-order valence-electron chi connectivity index (χ3n) is 2.91. The maximum absolute atomic E-state index is 13.0. The van der Waals surface area contributed by atoms with Crippen molar-refractivity contribution in [2.24, 2.45) is 0 Å². The van der Waals surface area contributed by atoms with Crippen LogP contribution in [0.15, 0.2) is 42.5 Å².